The van der Waals surface area contributed by atoms with Crippen molar-refractivity contribution >= 4 is 0 Å². The molecule has 0 radical (unpaired) electrons. The normalized spacial score (nSPS) is 23.7. The van der Waals surface area contributed by atoms with Gasteiger partial charge in [0.15, 0.2) is 0 Å². The molecular formula is C12H14O. The van der Waals surface area contributed by atoms with Gasteiger partial charge in [0.2, 0.25) is 0 Å². The van der Waals surface area contributed by atoms with E-state index in [2.05, 4.69) is 24.3 Å². The van der Waals surface area contributed by atoms with Crippen LogP contribution in [-0.4, -0.2) is 0 Å². The fourth-order valence-electron chi connectivity index (χ4n) is 2.74. The van der Waals surface area contributed by atoms with E-state index in [4.69, 9.17) is 4.74 Å². The summed E-state index contributed by atoms with van der Waals surface area (Å²) in [5, 5.41) is 0. The van der Waals surface area contributed by atoms with Crippen LogP contribution >= 0.6 is 0 Å². The Morgan fingerprint density at radius 2 is 1.85 bits per heavy atom. The highest BCUT2D eigenvalue weighted by Crippen LogP contribution is 2.47. The van der Waals surface area contributed by atoms with Gasteiger partial charge in [-0.05, 0) is 24.0 Å². The first kappa shape index (κ1) is 7.57. The van der Waals surface area contributed by atoms with Gasteiger partial charge in [-0.1, -0.05) is 37.1 Å². The fraction of sp³-hybridized carbons (Fsp3) is 0.500. The lowest BCUT2D eigenvalue weighted by Crippen LogP contribution is -2.19. The number of hydrogen-bond donors (Lipinski definition) is 0. The third-order valence-corrected chi connectivity index (χ3v) is 3.42. The minimum Gasteiger partial charge on any atom is -0.366 e. The molecule has 2 aliphatic rings. The van der Waals surface area contributed by atoms with Crippen LogP contribution in [0.2, 0.25) is 0 Å². The molecule has 1 nitrogen and oxygen atoms in total. The van der Waals surface area contributed by atoms with Gasteiger partial charge in [0.25, 0.3) is 0 Å². The quantitative estimate of drug-likeness (QED) is 0.587. The monoisotopic (exact) mass is 174 g/mol. The maximum atomic E-state index is 5.97. The molecule has 1 saturated carbocycles. The van der Waals surface area contributed by atoms with Gasteiger partial charge < -0.3 is 4.74 Å². The second kappa shape index (κ2) is 2.58. The van der Waals surface area contributed by atoms with Gasteiger partial charge in [-0.3, -0.25) is 0 Å². The molecule has 0 amide bonds. The number of ether oxygens (including phenoxy) is 1. The van der Waals surface area contributed by atoms with Crippen LogP contribution in [0.4, 0.5) is 0 Å². The standard InChI is InChI=1S/C12H14O/c1-2-6-11-10(5-1)9-13-12(11)7-3-4-8-12/h1-2,5-6H,3-4,7-9H2. The molecule has 1 fully saturated rings. The summed E-state index contributed by atoms with van der Waals surface area (Å²) in [5.74, 6) is 0. The molecule has 0 N–H and O–H groups in total. The van der Waals surface area contributed by atoms with Crippen molar-refractivity contribution in [3.05, 3.63) is 35.4 Å². The SMILES string of the molecule is c1ccc2c(c1)COC21CCCC1. The third-order valence-electron chi connectivity index (χ3n) is 3.42. The molecular weight excluding hydrogens is 160 g/mol. The van der Waals surface area contributed by atoms with Gasteiger partial charge >= 0.3 is 0 Å². The second-order valence-corrected chi connectivity index (χ2v) is 4.15. The Bertz CT molecular complexity index is 324. The highest BCUT2D eigenvalue weighted by molar-refractivity contribution is 5.35. The van der Waals surface area contributed by atoms with Crippen LogP contribution in [0.3, 0.4) is 0 Å². The van der Waals surface area contributed by atoms with Crippen molar-refractivity contribution < 1.29 is 4.74 Å². The topological polar surface area (TPSA) is 9.23 Å². The molecule has 1 heteroatoms. The van der Waals surface area contributed by atoms with Gasteiger partial charge in [0.05, 0.1) is 12.2 Å². The number of rotatable bonds is 0. The number of fused-ring (bicyclic) bond motifs is 2. The molecule has 0 saturated heterocycles. The van der Waals surface area contributed by atoms with Crippen LogP contribution in [0.1, 0.15) is 36.8 Å². The molecule has 1 aromatic rings. The van der Waals surface area contributed by atoms with Gasteiger partial charge in [-0.25, -0.2) is 0 Å². The van der Waals surface area contributed by atoms with Crippen LogP contribution in [0.25, 0.3) is 0 Å². The van der Waals surface area contributed by atoms with E-state index < -0.39 is 0 Å². The van der Waals surface area contributed by atoms with Crippen LogP contribution in [-0.2, 0) is 16.9 Å². The van der Waals surface area contributed by atoms with Gasteiger partial charge in [0.1, 0.15) is 0 Å². The summed E-state index contributed by atoms with van der Waals surface area (Å²) in [6.45, 7) is 0.830. The molecule has 13 heavy (non-hydrogen) atoms. The Morgan fingerprint density at radius 1 is 1.08 bits per heavy atom. The second-order valence-electron chi connectivity index (χ2n) is 4.15. The van der Waals surface area contributed by atoms with Crippen molar-refractivity contribution in [2.24, 2.45) is 0 Å². The van der Waals surface area contributed by atoms with E-state index in [0.717, 1.165) is 6.61 Å². The summed E-state index contributed by atoms with van der Waals surface area (Å²) >= 11 is 0. The Hall–Kier alpha value is -0.820. The average molecular weight is 174 g/mol. The zero-order valence-electron chi connectivity index (χ0n) is 7.75. The number of benzene rings is 1. The van der Waals surface area contributed by atoms with Crippen molar-refractivity contribution in [1.82, 2.24) is 0 Å². The Labute approximate surface area is 78.7 Å². The van der Waals surface area contributed by atoms with Crippen LogP contribution in [0.15, 0.2) is 24.3 Å². The van der Waals surface area contributed by atoms with E-state index in [-0.39, 0.29) is 5.60 Å². The van der Waals surface area contributed by atoms with Crippen molar-refractivity contribution in [1.29, 1.82) is 0 Å². The van der Waals surface area contributed by atoms with Crippen molar-refractivity contribution in [3.8, 4) is 0 Å². The van der Waals surface area contributed by atoms with E-state index in [1.807, 2.05) is 0 Å². The maximum Gasteiger partial charge on any atom is 0.0939 e. The summed E-state index contributed by atoms with van der Waals surface area (Å²) in [4.78, 5) is 0. The summed E-state index contributed by atoms with van der Waals surface area (Å²) in [6.07, 6.45) is 5.11. The smallest absolute Gasteiger partial charge is 0.0939 e. The molecule has 68 valence electrons. The lowest BCUT2D eigenvalue weighted by Gasteiger charge is -2.23. The molecule has 1 aromatic carbocycles. The average Bonchev–Trinajstić information content (AvgIpc) is 2.78. The minimum absolute atomic E-state index is 0.122. The van der Waals surface area contributed by atoms with E-state index in [1.165, 1.54) is 36.8 Å². The Morgan fingerprint density at radius 3 is 2.69 bits per heavy atom. The molecule has 0 unspecified atom stereocenters. The first-order valence-electron chi connectivity index (χ1n) is 5.13. The summed E-state index contributed by atoms with van der Waals surface area (Å²) in [6, 6.07) is 8.68. The molecule has 3 rings (SSSR count). The van der Waals surface area contributed by atoms with Crippen LogP contribution in [0.5, 0.6) is 0 Å². The number of hydrogen-bond acceptors (Lipinski definition) is 1. The molecule has 1 aliphatic heterocycles. The predicted octanol–water partition coefficient (Wildman–Crippen LogP) is 2.99. The molecule has 1 heterocycles. The lowest BCUT2D eigenvalue weighted by molar-refractivity contribution is -0.0325. The molecule has 1 aliphatic carbocycles. The van der Waals surface area contributed by atoms with E-state index in [9.17, 15) is 0 Å². The molecule has 0 bridgehead atoms. The fourth-order valence-corrected chi connectivity index (χ4v) is 2.74. The van der Waals surface area contributed by atoms with Crippen LogP contribution in [0, 0.1) is 0 Å². The summed E-state index contributed by atoms with van der Waals surface area (Å²) in [7, 11) is 0. The van der Waals surface area contributed by atoms with E-state index >= 15 is 0 Å². The van der Waals surface area contributed by atoms with E-state index in [1.54, 1.807) is 0 Å². The zero-order valence-corrected chi connectivity index (χ0v) is 7.75. The highest BCUT2D eigenvalue weighted by atomic mass is 16.5. The zero-order chi connectivity index (χ0) is 8.73. The van der Waals surface area contributed by atoms with Crippen molar-refractivity contribution in [2.75, 3.05) is 0 Å². The first-order valence-corrected chi connectivity index (χ1v) is 5.13. The van der Waals surface area contributed by atoms with E-state index in [0.29, 0.717) is 0 Å². The van der Waals surface area contributed by atoms with Gasteiger partial charge in [0, 0.05) is 0 Å². The van der Waals surface area contributed by atoms with Gasteiger partial charge in [-0.15, -0.1) is 0 Å². The third kappa shape index (κ3) is 0.969. The van der Waals surface area contributed by atoms with Gasteiger partial charge in [-0.2, -0.15) is 0 Å². The van der Waals surface area contributed by atoms with Crippen molar-refractivity contribution in [3.63, 3.8) is 0 Å². The van der Waals surface area contributed by atoms with Crippen molar-refractivity contribution in [2.45, 2.75) is 37.9 Å². The first-order chi connectivity index (χ1) is 6.41. The Kier molecular flexibility index (Phi) is 1.50. The largest absolute Gasteiger partial charge is 0.366 e. The Balaban J connectivity index is 2.11. The highest BCUT2D eigenvalue weighted by Gasteiger charge is 2.41. The predicted molar refractivity (Wildman–Crippen MR) is 51.4 cm³/mol. The summed E-state index contributed by atoms with van der Waals surface area (Å²) < 4.78 is 5.97. The summed E-state index contributed by atoms with van der Waals surface area (Å²) in [5.41, 5.74) is 2.99. The molecule has 1 spiro atoms. The lowest BCUT2D eigenvalue weighted by atomic mass is 9.91. The van der Waals surface area contributed by atoms with Crippen LogP contribution < -0.4 is 0 Å². The molecule has 0 aromatic heterocycles. The minimum atomic E-state index is 0.122. The maximum absolute atomic E-state index is 5.97. The molecule has 0 atom stereocenters.